The second-order valence-corrected chi connectivity index (χ2v) is 7.16. The van der Waals surface area contributed by atoms with Crippen LogP contribution in [0.4, 0.5) is 13.2 Å². The van der Waals surface area contributed by atoms with Crippen LogP contribution in [-0.4, -0.2) is 51.1 Å². The molecule has 0 unspecified atom stereocenters. The Kier molecular flexibility index (Phi) is 5.12. The second kappa shape index (κ2) is 7.21. The van der Waals surface area contributed by atoms with E-state index in [4.69, 9.17) is 4.74 Å². The summed E-state index contributed by atoms with van der Waals surface area (Å²) in [6.45, 7) is 3.20. The van der Waals surface area contributed by atoms with Gasteiger partial charge in [-0.15, -0.1) is 5.10 Å². The van der Waals surface area contributed by atoms with Gasteiger partial charge < -0.3 is 9.64 Å². The van der Waals surface area contributed by atoms with Gasteiger partial charge in [-0.2, -0.15) is 13.2 Å². The minimum Gasteiger partial charge on any atom is -0.478 e. The molecule has 27 heavy (non-hydrogen) atoms. The molecule has 0 bridgehead atoms. The molecule has 2 aromatic rings. The van der Waals surface area contributed by atoms with Gasteiger partial charge in [0.05, 0.1) is 11.9 Å². The average Bonchev–Trinajstić information content (AvgIpc) is 3.05. The predicted molar refractivity (Wildman–Crippen MR) is 91.2 cm³/mol. The number of carbonyl (C=O) groups excluding carboxylic acids is 1. The summed E-state index contributed by atoms with van der Waals surface area (Å²) in [6, 6.07) is 6.59. The van der Waals surface area contributed by atoms with E-state index < -0.39 is 11.8 Å². The molecule has 0 saturated carbocycles. The van der Waals surface area contributed by atoms with Crippen molar-refractivity contribution < 1.29 is 22.7 Å². The fourth-order valence-corrected chi connectivity index (χ4v) is 2.79. The van der Waals surface area contributed by atoms with Crippen LogP contribution < -0.4 is 4.74 Å². The average molecular weight is 382 g/mol. The molecule has 1 aliphatic rings. The summed E-state index contributed by atoms with van der Waals surface area (Å²) in [5, 5.41) is 9.99. The molecule has 1 aromatic carbocycles. The van der Waals surface area contributed by atoms with E-state index in [1.165, 1.54) is 0 Å². The maximum absolute atomic E-state index is 12.9. The van der Waals surface area contributed by atoms with Gasteiger partial charge in [0.2, 0.25) is 5.91 Å². The zero-order valence-corrected chi connectivity index (χ0v) is 15.1. The van der Waals surface area contributed by atoms with Gasteiger partial charge >= 0.3 is 6.18 Å². The molecule has 146 valence electrons. The van der Waals surface area contributed by atoms with E-state index in [9.17, 15) is 18.0 Å². The molecular formula is C18H21F3N4O2. The van der Waals surface area contributed by atoms with Gasteiger partial charge in [-0.25, -0.2) is 0 Å². The summed E-state index contributed by atoms with van der Waals surface area (Å²) in [4.78, 5) is 13.9. The van der Waals surface area contributed by atoms with Crippen LogP contribution in [0.2, 0.25) is 0 Å². The van der Waals surface area contributed by atoms with Crippen molar-refractivity contribution in [2.45, 2.75) is 44.4 Å². The maximum atomic E-state index is 12.9. The first kappa shape index (κ1) is 19.2. The van der Waals surface area contributed by atoms with Crippen molar-refractivity contribution in [3.05, 3.63) is 41.7 Å². The topological polar surface area (TPSA) is 71.1 Å². The van der Waals surface area contributed by atoms with E-state index in [0.717, 1.165) is 25.1 Å². The van der Waals surface area contributed by atoms with Crippen molar-refractivity contribution >= 4 is 5.91 Å². The number of likely N-dealkylation sites (tertiary alicyclic amines) is 1. The van der Waals surface area contributed by atoms with Crippen LogP contribution in [0.3, 0.4) is 0 Å². The number of halogens is 3. The number of amides is 1. The van der Waals surface area contributed by atoms with Crippen molar-refractivity contribution in [1.82, 2.24) is 20.3 Å². The SMILES string of the molecule is CC(C)(Oc1ccc(C2CN(C(=O)CCc3cnn[nH]3)C2)cc1)C(F)(F)F. The summed E-state index contributed by atoms with van der Waals surface area (Å²) in [5.74, 6) is 0.418. The highest BCUT2D eigenvalue weighted by Crippen LogP contribution is 2.35. The quantitative estimate of drug-likeness (QED) is 0.834. The van der Waals surface area contributed by atoms with Gasteiger partial charge in [0.25, 0.3) is 0 Å². The summed E-state index contributed by atoms with van der Waals surface area (Å²) >= 11 is 0. The molecule has 1 aromatic heterocycles. The summed E-state index contributed by atoms with van der Waals surface area (Å²) in [5.41, 5.74) is -0.454. The summed E-state index contributed by atoms with van der Waals surface area (Å²) in [7, 11) is 0. The van der Waals surface area contributed by atoms with Gasteiger partial charge in [-0.1, -0.05) is 17.3 Å². The van der Waals surface area contributed by atoms with Crippen LogP contribution in [-0.2, 0) is 11.2 Å². The van der Waals surface area contributed by atoms with Gasteiger partial charge in [-0.05, 0) is 38.0 Å². The Morgan fingerprint density at radius 3 is 2.48 bits per heavy atom. The Labute approximate surface area is 154 Å². The number of hydrogen-bond acceptors (Lipinski definition) is 4. The van der Waals surface area contributed by atoms with E-state index in [1.807, 2.05) is 0 Å². The molecule has 1 aliphatic heterocycles. The highest BCUT2D eigenvalue weighted by atomic mass is 19.4. The Bertz CT molecular complexity index is 767. The van der Waals surface area contributed by atoms with Crippen LogP contribution in [0.5, 0.6) is 5.75 Å². The van der Waals surface area contributed by atoms with E-state index in [1.54, 1.807) is 35.4 Å². The van der Waals surface area contributed by atoms with Crippen molar-refractivity contribution in [2.75, 3.05) is 13.1 Å². The molecule has 0 spiro atoms. The van der Waals surface area contributed by atoms with E-state index in [0.29, 0.717) is 25.9 Å². The number of nitrogens with one attached hydrogen (secondary N) is 1. The Morgan fingerprint density at radius 2 is 1.93 bits per heavy atom. The number of aromatic nitrogens is 3. The zero-order chi connectivity index (χ0) is 19.7. The number of hydrogen-bond donors (Lipinski definition) is 1. The maximum Gasteiger partial charge on any atom is 0.427 e. The monoisotopic (exact) mass is 382 g/mol. The normalized spacial score (nSPS) is 15.5. The standard InChI is InChI=1S/C18H21F3N4O2/c1-17(2,18(19,20)21)27-15-6-3-12(4-7-15)13-10-25(11-13)16(26)8-5-14-9-22-24-23-14/h3-4,6-7,9,13H,5,8,10-11H2,1-2H3,(H,22,23,24). The van der Waals surface area contributed by atoms with Crippen molar-refractivity contribution in [3.8, 4) is 5.75 Å². The number of carbonyl (C=O) groups is 1. The lowest BCUT2D eigenvalue weighted by Crippen LogP contribution is -2.48. The molecular weight excluding hydrogens is 361 g/mol. The highest BCUT2D eigenvalue weighted by molar-refractivity contribution is 5.77. The number of H-pyrrole nitrogens is 1. The molecule has 0 atom stereocenters. The van der Waals surface area contributed by atoms with Gasteiger partial charge in [0.15, 0.2) is 5.60 Å². The lowest BCUT2D eigenvalue weighted by Gasteiger charge is -2.39. The minimum atomic E-state index is -4.45. The van der Waals surface area contributed by atoms with Crippen molar-refractivity contribution in [2.24, 2.45) is 0 Å². The van der Waals surface area contributed by atoms with E-state index in [-0.39, 0.29) is 17.6 Å². The minimum absolute atomic E-state index is 0.0627. The second-order valence-electron chi connectivity index (χ2n) is 7.16. The lowest BCUT2D eigenvalue weighted by atomic mass is 9.91. The van der Waals surface area contributed by atoms with Crippen LogP contribution in [0, 0.1) is 0 Å². The fraction of sp³-hybridized carbons (Fsp3) is 0.500. The predicted octanol–water partition coefficient (Wildman–Crippen LogP) is 3.08. The first-order valence-electron chi connectivity index (χ1n) is 8.64. The van der Waals surface area contributed by atoms with Crippen LogP contribution in [0.25, 0.3) is 0 Å². The first-order valence-corrected chi connectivity index (χ1v) is 8.64. The highest BCUT2D eigenvalue weighted by Gasteiger charge is 2.49. The molecule has 0 radical (unpaired) electrons. The van der Waals surface area contributed by atoms with Gasteiger partial charge in [0, 0.05) is 25.4 Å². The van der Waals surface area contributed by atoms with E-state index in [2.05, 4.69) is 15.4 Å². The molecule has 3 rings (SSSR count). The molecule has 1 amide bonds. The summed E-state index contributed by atoms with van der Waals surface area (Å²) in [6.07, 6.45) is -1.91. The molecule has 2 heterocycles. The van der Waals surface area contributed by atoms with E-state index >= 15 is 0 Å². The Morgan fingerprint density at radius 1 is 1.26 bits per heavy atom. The third-order valence-corrected chi connectivity index (χ3v) is 4.71. The number of benzene rings is 1. The number of aryl methyl sites for hydroxylation is 1. The van der Waals surface area contributed by atoms with Gasteiger partial charge in [-0.3, -0.25) is 9.89 Å². The van der Waals surface area contributed by atoms with Crippen LogP contribution >= 0.6 is 0 Å². The third kappa shape index (κ3) is 4.40. The summed E-state index contributed by atoms with van der Waals surface area (Å²) < 4.78 is 43.7. The number of nitrogens with zero attached hydrogens (tertiary/aromatic N) is 3. The molecule has 1 fully saturated rings. The third-order valence-electron chi connectivity index (χ3n) is 4.71. The van der Waals surface area contributed by atoms with Gasteiger partial charge in [0.1, 0.15) is 5.75 Å². The van der Waals surface area contributed by atoms with Crippen molar-refractivity contribution in [1.29, 1.82) is 0 Å². The molecule has 9 heteroatoms. The van der Waals surface area contributed by atoms with Crippen LogP contribution in [0.15, 0.2) is 30.5 Å². The lowest BCUT2D eigenvalue weighted by molar-refractivity contribution is -0.234. The first-order chi connectivity index (χ1) is 12.7. The number of ether oxygens (including phenoxy) is 1. The zero-order valence-electron chi connectivity index (χ0n) is 15.1. The Balaban J connectivity index is 1.49. The molecule has 1 N–H and O–H groups in total. The largest absolute Gasteiger partial charge is 0.478 e. The van der Waals surface area contributed by atoms with Crippen molar-refractivity contribution in [3.63, 3.8) is 0 Å². The number of rotatable bonds is 6. The molecule has 6 nitrogen and oxygen atoms in total. The Hall–Kier alpha value is -2.58. The number of aromatic amines is 1. The molecule has 1 saturated heterocycles. The molecule has 0 aliphatic carbocycles. The smallest absolute Gasteiger partial charge is 0.427 e. The fourth-order valence-electron chi connectivity index (χ4n) is 2.79. The number of alkyl halides is 3. The van der Waals surface area contributed by atoms with Crippen LogP contribution in [0.1, 0.15) is 37.4 Å².